The third-order valence-corrected chi connectivity index (χ3v) is 3.70. The van der Waals surface area contributed by atoms with Gasteiger partial charge in [-0.05, 0) is 32.1 Å². The minimum absolute atomic E-state index is 0. The van der Waals surface area contributed by atoms with Gasteiger partial charge < -0.3 is 15.4 Å². The third kappa shape index (κ3) is 5.30. The predicted molar refractivity (Wildman–Crippen MR) is 85.8 cm³/mol. The Hall–Kier alpha value is -0.0400. The lowest BCUT2D eigenvalue weighted by Crippen LogP contribution is -2.43. The SMILES string of the molecule is CN=C(NCCC1CCCO1)NC1CCCC1.I. The molecule has 1 heterocycles. The lowest BCUT2D eigenvalue weighted by Gasteiger charge is -2.17. The molecular weight excluding hydrogens is 341 g/mol. The number of halogens is 1. The predicted octanol–water partition coefficient (Wildman–Crippen LogP) is 2.28. The Morgan fingerprint density at radius 1 is 1.22 bits per heavy atom. The Labute approximate surface area is 127 Å². The Morgan fingerprint density at radius 3 is 2.61 bits per heavy atom. The molecule has 2 fully saturated rings. The van der Waals surface area contributed by atoms with Gasteiger partial charge in [0, 0.05) is 26.2 Å². The van der Waals surface area contributed by atoms with Crippen molar-refractivity contribution in [1.82, 2.24) is 10.6 Å². The van der Waals surface area contributed by atoms with Gasteiger partial charge in [-0.1, -0.05) is 12.8 Å². The summed E-state index contributed by atoms with van der Waals surface area (Å²) in [4.78, 5) is 4.27. The van der Waals surface area contributed by atoms with E-state index in [1.165, 1.54) is 38.5 Å². The average molecular weight is 367 g/mol. The van der Waals surface area contributed by atoms with E-state index in [1.54, 1.807) is 0 Å². The summed E-state index contributed by atoms with van der Waals surface area (Å²) in [6, 6.07) is 0.629. The summed E-state index contributed by atoms with van der Waals surface area (Å²) in [6.45, 7) is 1.90. The summed E-state index contributed by atoms with van der Waals surface area (Å²) in [7, 11) is 1.84. The highest BCUT2D eigenvalue weighted by Gasteiger charge is 2.17. The molecule has 5 heteroatoms. The summed E-state index contributed by atoms with van der Waals surface area (Å²) in [5, 5.41) is 6.87. The number of hydrogen-bond acceptors (Lipinski definition) is 2. The molecule has 1 saturated heterocycles. The van der Waals surface area contributed by atoms with Gasteiger partial charge in [-0.25, -0.2) is 0 Å². The highest BCUT2D eigenvalue weighted by Crippen LogP contribution is 2.17. The highest BCUT2D eigenvalue weighted by atomic mass is 127. The van der Waals surface area contributed by atoms with Crippen LogP contribution in [0.25, 0.3) is 0 Å². The van der Waals surface area contributed by atoms with E-state index < -0.39 is 0 Å². The minimum Gasteiger partial charge on any atom is -0.378 e. The van der Waals surface area contributed by atoms with E-state index in [9.17, 15) is 0 Å². The van der Waals surface area contributed by atoms with Crippen molar-refractivity contribution in [3.63, 3.8) is 0 Å². The molecule has 106 valence electrons. The fraction of sp³-hybridized carbons (Fsp3) is 0.923. The summed E-state index contributed by atoms with van der Waals surface area (Å²) in [5.74, 6) is 0.954. The van der Waals surface area contributed by atoms with Crippen LogP contribution in [0.15, 0.2) is 4.99 Å². The van der Waals surface area contributed by atoms with Crippen molar-refractivity contribution in [2.45, 2.75) is 57.1 Å². The van der Waals surface area contributed by atoms with E-state index in [0.29, 0.717) is 12.1 Å². The smallest absolute Gasteiger partial charge is 0.191 e. The summed E-state index contributed by atoms with van der Waals surface area (Å²) < 4.78 is 5.60. The van der Waals surface area contributed by atoms with Crippen molar-refractivity contribution in [3.05, 3.63) is 0 Å². The van der Waals surface area contributed by atoms with Gasteiger partial charge >= 0.3 is 0 Å². The Kier molecular flexibility index (Phi) is 7.97. The molecule has 0 aromatic rings. The third-order valence-electron chi connectivity index (χ3n) is 3.70. The molecule has 0 aromatic carbocycles. The Bertz CT molecular complexity index is 249. The maximum Gasteiger partial charge on any atom is 0.191 e. The van der Waals surface area contributed by atoms with Gasteiger partial charge in [-0.2, -0.15) is 0 Å². The molecular formula is C13H26IN3O. The molecule has 0 spiro atoms. The summed E-state index contributed by atoms with van der Waals surface area (Å²) >= 11 is 0. The van der Waals surface area contributed by atoms with E-state index in [0.717, 1.165) is 25.5 Å². The van der Waals surface area contributed by atoms with Crippen molar-refractivity contribution >= 4 is 29.9 Å². The maximum absolute atomic E-state index is 5.60. The number of ether oxygens (including phenoxy) is 1. The van der Waals surface area contributed by atoms with Crippen LogP contribution in [0, 0.1) is 0 Å². The van der Waals surface area contributed by atoms with Gasteiger partial charge in [-0.3, -0.25) is 4.99 Å². The molecule has 4 nitrogen and oxygen atoms in total. The standard InChI is InChI=1S/C13H25N3O.HI/c1-14-13(16-11-5-2-3-6-11)15-9-8-12-7-4-10-17-12;/h11-12H,2-10H2,1H3,(H2,14,15,16);1H. The van der Waals surface area contributed by atoms with Crippen molar-refractivity contribution in [1.29, 1.82) is 0 Å². The van der Waals surface area contributed by atoms with Crippen molar-refractivity contribution in [2.75, 3.05) is 20.2 Å². The van der Waals surface area contributed by atoms with Crippen LogP contribution >= 0.6 is 24.0 Å². The van der Waals surface area contributed by atoms with E-state index >= 15 is 0 Å². The number of nitrogens with zero attached hydrogens (tertiary/aromatic N) is 1. The average Bonchev–Trinajstić information content (AvgIpc) is 3.00. The fourth-order valence-electron chi connectivity index (χ4n) is 2.68. The van der Waals surface area contributed by atoms with E-state index in [4.69, 9.17) is 4.74 Å². The summed E-state index contributed by atoms with van der Waals surface area (Å²) in [6.07, 6.45) is 9.27. The number of aliphatic imine (C=N–C) groups is 1. The van der Waals surface area contributed by atoms with Gasteiger partial charge in [-0.15, -0.1) is 24.0 Å². The Morgan fingerprint density at radius 2 is 2.00 bits per heavy atom. The molecule has 18 heavy (non-hydrogen) atoms. The van der Waals surface area contributed by atoms with E-state index in [-0.39, 0.29) is 24.0 Å². The largest absolute Gasteiger partial charge is 0.378 e. The van der Waals surface area contributed by atoms with Gasteiger partial charge in [0.25, 0.3) is 0 Å². The highest BCUT2D eigenvalue weighted by molar-refractivity contribution is 14.0. The molecule has 1 saturated carbocycles. The van der Waals surface area contributed by atoms with Crippen LogP contribution in [-0.4, -0.2) is 38.3 Å². The normalized spacial score (nSPS) is 24.9. The van der Waals surface area contributed by atoms with Gasteiger partial charge in [0.2, 0.25) is 0 Å². The first kappa shape index (κ1) is 16.0. The second-order valence-electron chi connectivity index (χ2n) is 5.05. The zero-order chi connectivity index (χ0) is 11.9. The lowest BCUT2D eigenvalue weighted by molar-refractivity contribution is 0.105. The molecule has 1 atom stereocenters. The van der Waals surface area contributed by atoms with Crippen LogP contribution in [0.5, 0.6) is 0 Å². The van der Waals surface area contributed by atoms with E-state index in [2.05, 4.69) is 15.6 Å². The number of nitrogens with one attached hydrogen (secondary N) is 2. The van der Waals surface area contributed by atoms with Crippen molar-refractivity contribution < 1.29 is 4.74 Å². The molecule has 0 amide bonds. The minimum atomic E-state index is 0. The fourth-order valence-corrected chi connectivity index (χ4v) is 2.68. The molecule has 1 aliphatic heterocycles. The molecule has 1 aliphatic carbocycles. The van der Waals surface area contributed by atoms with E-state index in [1.807, 2.05) is 7.05 Å². The van der Waals surface area contributed by atoms with Crippen molar-refractivity contribution in [2.24, 2.45) is 4.99 Å². The number of hydrogen-bond donors (Lipinski definition) is 2. The monoisotopic (exact) mass is 367 g/mol. The molecule has 1 unspecified atom stereocenters. The van der Waals surface area contributed by atoms with Crippen LogP contribution in [0.2, 0.25) is 0 Å². The van der Waals surface area contributed by atoms with Crippen LogP contribution < -0.4 is 10.6 Å². The second-order valence-corrected chi connectivity index (χ2v) is 5.05. The first-order valence-corrected chi connectivity index (χ1v) is 6.97. The molecule has 2 aliphatic rings. The van der Waals surface area contributed by atoms with Crippen LogP contribution in [0.3, 0.4) is 0 Å². The molecule has 2 rings (SSSR count). The number of guanidine groups is 1. The van der Waals surface area contributed by atoms with Gasteiger partial charge in [0.15, 0.2) is 5.96 Å². The maximum atomic E-state index is 5.60. The molecule has 0 radical (unpaired) electrons. The van der Waals surface area contributed by atoms with Crippen LogP contribution in [0.4, 0.5) is 0 Å². The van der Waals surface area contributed by atoms with Gasteiger partial charge in [0.05, 0.1) is 6.10 Å². The second kappa shape index (κ2) is 8.96. The summed E-state index contributed by atoms with van der Waals surface area (Å²) in [5.41, 5.74) is 0. The molecule has 2 N–H and O–H groups in total. The first-order valence-electron chi connectivity index (χ1n) is 6.97. The Balaban J connectivity index is 0.00000162. The zero-order valence-electron chi connectivity index (χ0n) is 11.3. The first-order chi connectivity index (χ1) is 8.38. The topological polar surface area (TPSA) is 45.7 Å². The van der Waals surface area contributed by atoms with Crippen LogP contribution in [-0.2, 0) is 4.74 Å². The number of rotatable bonds is 4. The quantitative estimate of drug-likeness (QED) is 0.455. The lowest BCUT2D eigenvalue weighted by atomic mass is 10.2. The zero-order valence-corrected chi connectivity index (χ0v) is 13.6. The molecule has 0 bridgehead atoms. The van der Waals surface area contributed by atoms with Gasteiger partial charge in [0.1, 0.15) is 0 Å². The van der Waals surface area contributed by atoms with Crippen molar-refractivity contribution in [3.8, 4) is 0 Å². The van der Waals surface area contributed by atoms with Crippen LogP contribution in [0.1, 0.15) is 44.9 Å². The molecule has 0 aromatic heterocycles.